The molecule has 1 unspecified atom stereocenters. The molecule has 0 radical (unpaired) electrons. The van der Waals surface area contributed by atoms with Crippen LogP contribution in [0.5, 0.6) is 0 Å². The van der Waals surface area contributed by atoms with Crippen LogP contribution in [0.2, 0.25) is 0 Å². The van der Waals surface area contributed by atoms with Crippen molar-refractivity contribution in [1.29, 1.82) is 0 Å². The van der Waals surface area contributed by atoms with Gasteiger partial charge in [0.05, 0.1) is 63.0 Å². The summed E-state index contributed by atoms with van der Waals surface area (Å²) < 4.78 is 7.16. The molecule has 0 amide bonds. The smallest absolute Gasteiger partial charge is 0.534 e. The van der Waals surface area contributed by atoms with Gasteiger partial charge in [-0.15, -0.1) is 0 Å². The summed E-state index contributed by atoms with van der Waals surface area (Å²) in [6.45, 7) is 4.00. The molecule has 2 heterocycles. The number of likely N-dealkylation sites (N-methyl/N-ethyl adjacent to an activating group) is 2. The molecule has 160 valence electrons. The summed E-state index contributed by atoms with van der Waals surface area (Å²) >= 11 is 0. The van der Waals surface area contributed by atoms with Crippen molar-refractivity contribution in [2.75, 3.05) is 82.6 Å². The summed E-state index contributed by atoms with van der Waals surface area (Å²) in [4.78, 5) is 17.0. The molecule has 0 aromatic carbocycles. The van der Waals surface area contributed by atoms with E-state index in [1.165, 1.54) is 0 Å². The van der Waals surface area contributed by atoms with Gasteiger partial charge in [-0.1, -0.05) is 14.9 Å². The van der Waals surface area contributed by atoms with Crippen molar-refractivity contribution in [1.82, 2.24) is 0 Å². The summed E-state index contributed by atoms with van der Waals surface area (Å²) in [5, 5.41) is 17.7. The van der Waals surface area contributed by atoms with E-state index in [0.717, 1.165) is 35.2 Å². The summed E-state index contributed by atoms with van der Waals surface area (Å²) in [7, 11) is 13.1. The topological polar surface area (TPSA) is 93.5 Å². The van der Waals surface area contributed by atoms with Gasteiger partial charge in [0.1, 0.15) is 25.7 Å². The molecule has 2 rings (SSSR count). The van der Waals surface area contributed by atoms with E-state index in [-0.39, 0.29) is 30.9 Å². The third kappa shape index (κ3) is 15.5. The number of nitrogens with zero attached hydrogens (tertiary/aromatic N) is 3. The molecule has 8 nitrogen and oxygen atoms in total. The monoisotopic (exact) mass is 400 g/mol. The largest absolute Gasteiger partial charge is 0.594 e. The first kappa shape index (κ1) is 30.0. The highest BCUT2D eigenvalue weighted by molar-refractivity contribution is 6.53. The van der Waals surface area contributed by atoms with E-state index in [0.29, 0.717) is 6.10 Å². The zero-order valence-corrected chi connectivity index (χ0v) is 17.5. The lowest BCUT2D eigenvalue weighted by Gasteiger charge is -2.41. The molecule has 2 aliphatic heterocycles. The number of aliphatic hydroxyl groups is 2. The fourth-order valence-electron chi connectivity index (χ4n) is 2.17. The maximum atomic E-state index is 8.90. The predicted octanol–water partition coefficient (Wildman–Crippen LogP) is -0.992. The van der Waals surface area contributed by atoms with Crippen LogP contribution in [0, 0.1) is 0 Å². The Bertz CT molecular complexity index is 415. The molecule has 0 aromatic heterocycles. The Hall–Kier alpha value is -0.713. The lowest BCUT2D eigenvalue weighted by atomic mass is 10.1. The van der Waals surface area contributed by atoms with Crippen LogP contribution < -0.4 is 0 Å². The average Bonchev–Trinajstić information content (AvgIpc) is 3.07. The summed E-state index contributed by atoms with van der Waals surface area (Å²) in [5.41, 5.74) is -0.264. The van der Waals surface area contributed by atoms with E-state index in [4.69, 9.17) is 24.5 Å². The molecule has 2 saturated heterocycles. The van der Waals surface area contributed by atoms with Gasteiger partial charge in [0.15, 0.2) is 6.10 Å². The molecule has 0 aliphatic carbocycles. The minimum atomic E-state index is -2.63. The van der Waals surface area contributed by atoms with Gasteiger partial charge >= 0.3 is 14.4 Å². The van der Waals surface area contributed by atoms with Gasteiger partial charge in [0, 0.05) is 0 Å². The fraction of sp³-hybridized carbons (Fsp3) is 0.941. The molecule has 26 heavy (non-hydrogen) atoms. The SMILES string of the molecule is C.C.C[N+](C)(C)C(O)=[Si](O)O.C[N+](C)(C)CC1CO1.C[N+]1(C)CC(O)C1. The lowest BCUT2D eigenvalue weighted by molar-refractivity contribution is -0.937. The molecule has 0 bridgehead atoms. The number of likely N-dealkylation sites (tertiary alicyclic amines) is 1. The molecule has 2 aliphatic rings. The van der Waals surface area contributed by atoms with Crippen LogP contribution in [0.25, 0.3) is 0 Å². The van der Waals surface area contributed by atoms with Crippen molar-refractivity contribution in [3.05, 3.63) is 0 Å². The third-order valence-electron chi connectivity index (χ3n) is 3.40. The van der Waals surface area contributed by atoms with Crippen LogP contribution in [-0.4, -0.2) is 142 Å². The third-order valence-corrected chi connectivity index (χ3v) is 4.47. The first-order chi connectivity index (χ1) is 10.5. The van der Waals surface area contributed by atoms with Crippen molar-refractivity contribution in [2.45, 2.75) is 27.1 Å². The second kappa shape index (κ2) is 11.2. The zero-order valence-electron chi connectivity index (χ0n) is 16.5. The highest BCUT2D eigenvalue weighted by Gasteiger charge is 2.34. The molecule has 0 aromatic rings. The quantitative estimate of drug-likeness (QED) is 0.277. The van der Waals surface area contributed by atoms with Crippen molar-refractivity contribution in [3.8, 4) is 0 Å². The number of aliphatic hydroxyl groups excluding tert-OH is 2. The maximum Gasteiger partial charge on any atom is 0.594 e. The van der Waals surface area contributed by atoms with E-state index in [1.807, 2.05) is 0 Å². The van der Waals surface area contributed by atoms with Crippen molar-refractivity contribution < 1.29 is 38.0 Å². The number of hydrogen-bond acceptors (Lipinski definition) is 5. The van der Waals surface area contributed by atoms with Gasteiger partial charge in [-0.2, -0.15) is 0 Å². The second-order valence-corrected chi connectivity index (χ2v) is 10.1. The van der Waals surface area contributed by atoms with E-state index >= 15 is 0 Å². The number of quaternary nitrogens is 3. The molecular formula is C17H46N3O5Si+3. The van der Waals surface area contributed by atoms with Crippen molar-refractivity contribution in [2.24, 2.45) is 0 Å². The molecule has 1 atom stereocenters. The minimum Gasteiger partial charge on any atom is -0.534 e. The van der Waals surface area contributed by atoms with Crippen molar-refractivity contribution >= 4 is 14.4 Å². The number of rotatable bonds is 3. The highest BCUT2D eigenvalue weighted by atomic mass is 28.3. The predicted molar refractivity (Wildman–Crippen MR) is 109 cm³/mol. The van der Waals surface area contributed by atoms with Crippen LogP contribution in [-0.2, 0) is 4.74 Å². The summed E-state index contributed by atoms with van der Waals surface area (Å²) in [6, 6.07) is 0. The molecule has 2 fully saturated rings. The minimum absolute atomic E-state index is 0. The Kier molecular flexibility index (Phi) is 12.9. The Labute approximate surface area is 162 Å². The second-order valence-electron chi connectivity index (χ2n) is 9.04. The fourth-order valence-corrected chi connectivity index (χ4v) is 2.77. The first-order valence-electron chi connectivity index (χ1n) is 8.09. The zero-order chi connectivity index (χ0) is 19.3. The molecule has 4 N–H and O–H groups in total. The van der Waals surface area contributed by atoms with Crippen LogP contribution in [0.4, 0.5) is 0 Å². The molecule has 0 saturated carbocycles. The van der Waals surface area contributed by atoms with Crippen LogP contribution in [0.3, 0.4) is 0 Å². The van der Waals surface area contributed by atoms with Crippen LogP contribution in [0.15, 0.2) is 0 Å². The van der Waals surface area contributed by atoms with Gasteiger partial charge in [0.25, 0.3) is 0 Å². The van der Waals surface area contributed by atoms with Gasteiger partial charge in [-0.3, -0.25) is 4.48 Å². The van der Waals surface area contributed by atoms with E-state index in [2.05, 4.69) is 35.2 Å². The van der Waals surface area contributed by atoms with Gasteiger partial charge < -0.3 is 33.5 Å². The van der Waals surface area contributed by atoms with Crippen molar-refractivity contribution in [3.63, 3.8) is 0 Å². The number of hydrogen-bond donors (Lipinski definition) is 4. The standard InChI is InChI=1S/C6H14NO.C5H12NO.C4H11NO3Si.2CH4/c1-7(2,3)4-6-5-8-6;1-6(2)3-5(7)4-6;1-5(2,3)4(6)9(7)8;;/h6H,4-5H2,1-3H3;5,7H,3-4H2,1-2H3;7-8H,1-3H3;2*1H4/q2*+1;;;/p+1. The molecule has 9 heteroatoms. The Morgan fingerprint density at radius 1 is 1.04 bits per heavy atom. The van der Waals surface area contributed by atoms with E-state index < -0.39 is 8.90 Å². The maximum absolute atomic E-state index is 8.90. The average molecular weight is 401 g/mol. The van der Waals surface area contributed by atoms with Crippen LogP contribution >= 0.6 is 0 Å². The van der Waals surface area contributed by atoms with Gasteiger partial charge in [-0.05, 0) is 0 Å². The highest BCUT2D eigenvalue weighted by Crippen LogP contribution is 2.12. The van der Waals surface area contributed by atoms with E-state index in [1.54, 1.807) is 21.1 Å². The Morgan fingerprint density at radius 2 is 1.42 bits per heavy atom. The lowest BCUT2D eigenvalue weighted by Crippen LogP contribution is -2.61. The van der Waals surface area contributed by atoms with Gasteiger partial charge in [-0.25, -0.2) is 0 Å². The van der Waals surface area contributed by atoms with Gasteiger partial charge in [0.2, 0.25) is 0 Å². The summed E-state index contributed by atoms with van der Waals surface area (Å²) in [5.74, 6) is 0. The Balaban J connectivity index is -0.000000295. The Morgan fingerprint density at radius 3 is 1.46 bits per heavy atom. The molecular weight excluding hydrogens is 354 g/mol. The number of epoxide rings is 1. The summed E-state index contributed by atoms with van der Waals surface area (Å²) in [6.07, 6.45) is 0.546. The molecule has 0 spiro atoms. The van der Waals surface area contributed by atoms with E-state index in [9.17, 15) is 0 Å². The first-order valence-corrected chi connectivity index (χ1v) is 9.48. The number of ether oxygens (including phenoxy) is 1. The van der Waals surface area contributed by atoms with Crippen LogP contribution in [0.1, 0.15) is 14.9 Å². The normalized spacial score (nSPS) is 20.4.